The molecule has 0 bridgehead atoms. The summed E-state index contributed by atoms with van der Waals surface area (Å²) in [5.41, 5.74) is 3.29. The van der Waals surface area contributed by atoms with E-state index in [1.54, 1.807) is 0 Å². The summed E-state index contributed by atoms with van der Waals surface area (Å²) in [6, 6.07) is 6.59. The summed E-state index contributed by atoms with van der Waals surface area (Å²) in [5, 5.41) is 3.39. The van der Waals surface area contributed by atoms with Gasteiger partial charge in [0.05, 0.1) is 0 Å². The summed E-state index contributed by atoms with van der Waals surface area (Å²) in [5.74, 6) is 0.142. The average Bonchev–Trinajstić information content (AvgIpc) is 2.91. The van der Waals surface area contributed by atoms with Crippen molar-refractivity contribution in [2.24, 2.45) is 0 Å². The molecular weight excluding hydrogens is 262 g/mol. The van der Waals surface area contributed by atoms with E-state index in [1.807, 2.05) is 18.0 Å². The number of hydrogen-bond acceptors (Lipinski definition) is 3. The molecule has 0 aliphatic carbocycles. The number of carbonyl (C=O) groups excluding carboxylic acids is 1. The van der Waals surface area contributed by atoms with E-state index in [9.17, 15) is 4.79 Å². The quantitative estimate of drug-likeness (QED) is 0.926. The molecule has 1 amide bonds. The van der Waals surface area contributed by atoms with Crippen LogP contribution in [0.3, 0.4) is 0 Å². The largest absolute Gasteiger partial charge is 0.385 e. The molecule has 1 unspecified atom stereocenters. The Balaban J connectivity index is 1.69. The molecule has 1 N–H and O–H groups in total. The van der Waals surface area contributed by atoms with E-state index in [0.29, 0.717) is 6.04 Å². The van der Waals surface area contributed by atoms with Gasteiger partial charge in [-0.25, -0.2) is 0 Å². The third kappa shape index (κ3) is 3.05. The Hall–Kier alpha value is -1.55. The van der Waals surface area contributed by atoms with Gasteiger partial charge in [0.25, 0.3) is 5.91 Å². The monoisotopic (exact) mass is 287 g/mol. The molecule has 1 saturated heterocycles. The fraction of sp³-hybridized carbons (Fsp3) is 0.588. The zero-order valence-corrected chi connectivity index (χ0v) is 13.1. The lowest BCUT2D eigenvalue weighted by atomic mass is 10.0. The van der Waals surface area contributed by atoms with Gasteiger partial charge in [0.15, 0.2) is 0 Å². The van der Waals surface area contributed by atoms with E-state index in [1.165, 1.54) is 24.1 Å². The third-order valence-corrected chi connectivity index (χ3v) is 4.79. The first kappa shape index (κ1) is 14.4. The van der Waals surface area contributed by atoms with Crippen LogP contribution in [0.2, 0.25) is 0 Å². The summed E-state index contributed by atoms with van der Waals surface area (Å²) >= 11 is 0. The number of carbonyl (C=O) groups is 1. The van der Waals surface area contributed by atoms with E-state index in [-0.39, 0.29) is 5.91 Å². The molecule has 114 valence electrons. The van der Waals surface area contributed by atoms with Crippen LogP contribution in [0, 0.1) is 0 Å². The van der Waals surface area contributed by atoms with Crippen LogP contribution >= 0.6 is 0 Å². The molecule has 1 aromatic carbocycles. The topological polar surface area (TPSA) is 35.6 Å². The van der Waals surface area contributed by atoms with Crippen LogP contribution in [0.15, 0.2) is 18.2 Å². The lowest BCUT2D eigenvalue weighted by molar-refractivity contribution is 0.0761. The molecule has 1 atom stereocenters. The number of hydrogen-bond donors (Lipinski definition) is 1. The first-order valence-electron chi connectivity index (χ1n) is 7.97. The van der Waals surface area contributed by atoms with Crippen molar-refractivity contribution in [1.82, 2.24) is 9.80 Å². The molecule has 4 nitrogen and oxygen atoms in total. The summed E-state index contributed by atoms with van der Waals surface area (Å²) < 4.78 is 0. The number of nitrogens with one attached hydrogen (secondary N) is 1. The molecule has 21 heavy (non-hydrogen) atoms. The molecule has 3 rings (SSSR count). The number of likely N-dealkylation sites (tertiary alicyclic amines) is 1. The highest BCUT2D eigenvalue weighted by atomic mass is 16.2. The Morgan fingerprint density at radius 2 is 2.29 bits per heavy atom. The Labute approximate surface area is 127 Å². The number of rotatable bonds is 3. The minimum absolute atomic E-state index is 0.142. The predicted octanol–water partition coefficient (Wildman–Crippen LogP) is 2.21. The fourth-order valence-corrected chi connectivity index (χ4v) is 3.44. The Morgan fingerprint density at radius 3 is 3.05 bits per heavy atom. The van der Waals surface area contributed by atoms with E-state index < -0.39 is 0 Å². The van der Waals surface area contributed by atoms with Gasteiger partial charge in [-0.1, -0.05) is 0 Å². The van der Waals surface area contributed by atoms with Crippen LogP contribution in [0.25, 0.3) is 0 Å². The first-order valence-corrected chi connectivity index (χ1v) is 7.97. The summed E-state index contributed by atoms with van der Waals surface area (Å²) in [4.78, 5) is 16.9. The van der Waals surface area contributed by atoms with E-state index in [0.717, 1.165) is 38.0 Å². The van der Waals surface area contributed by atoms with Crippen LogP contribution in [0.1, 0.15) is 35.2 Å². The van der Waals surface area contributed by atoms with Gasteiger partial charge in [-0.3, -0.25) is 4.79 Å². The summed E-state index contributed by atoms with van der Waals surface area (Å²) in [7, 11) is 4.08. The van der Waals surface area contributed by atoms with Crippen molar-refractivity contribution >= 4 is 11.6 Å². The molecule has 2 aliphatic heterocycles. The van der Waals surface area contributed by atoms with Crippen molar-refractivity contribution in [2.75, 3.05) is 39.0 Å². The fourth-order valence-electron chi connectivity index (χ4n) is 3.44. The van der Waals surface area contributed by atoms with Crippen molar-refractivity contribution < 1.29 is 4.79 Å². The van der Waals surface area contributed by atoms with Crippen LogP contribution in [0.5, 0.6) is 0 Å². The zero-order chi connectivity index (χ0) is 14.8. The molecular formula is C17H25N3O. The minimum atomic E-state index is 0.142. The number of nitrogens with zero attached hydrogens (tertiary/aromatic N) is 2. The molecule has 1 aromatic rings. The van der Waals surface area contributed by atoms with Crippen LogP contribution < -0.4 is 5.32 Å². The molecule has 0 aromatic heterocycles. The highest BCUT2D eigenvalue weighted by molar-refractivity contribution is 5.94. The first-order chi connectivity index (χ1) is 10.1. The molecule has 0 spiro atoms. The number of fused-ring (bicyclic) bond motifs is 1. The van der Waals surface area contributed by atoms with Gasteiger partial charge in [-0.05, 0) is 63.0 Å². The number of amides is 1. The van der Waals surface area contributed by atoms with Crippen molar-refractivity contribution in [3.05, 3.63) is 29.3 Å². The van der Waals surface area contributed by atoms with Gasteiger partial charge in [0.2, 0.25) is 0 Å². The second-order valence-corrected chi connectivity index (χ2v) is 6.36. The molecule has 2 aliphatic rings. The standard InChI is InChI=1S/C17H25N3O/c1-19-10-4-6-15(19)12-20(2)17(21)14-7-8-16-13(11-14)5-3-9-18-16/h7-8,11,15,18H,3-6,9-10,12H2,1-2H3. The van der Waals surface area contributed by atoms with Gasteiger partial charge < -0.3 is 15.1 Å². The molecule has 4 heteroatoms. The van der Waals surface area contributed by atoms with E-state index in [4.69, 9.17) is 0 Å². The van der Waals surface area contributed by atoms with Gasteiger partial charge in [-0.2, -0.15) is 0 Å². The van der Waals surface area contributed by atoms with Crippen LogP contribution in [0.4, 0.5) is 5.69 Å². The SMILES string of the molecule is CN(CC1CCCN1C)C(=O)c1ccc2c(c1)CCCN2. The maximum absolute atomic E-state index is 12.6. The molecule has 2 heterocycles. The zero-order valence-electron chi connectivity index (χ0n) is 13.1. The smallest absolute Gasteiger partial charge is 0.253 e. The predicted molar refractivity (Wildman–Crippen MR) is 85.9 cm³/mol. The number of aryl methyl sites for hydroxylation is 1. The molecule has 1 fully saturated rings. The van der Waals surface area contributed by atoms with Crippen molar-refractivity contribution in [1.29, 1.82) is 0 Å². The molecule has 0 saturated carbocycles. The normalized spacial score (nSPS) is 21.7. The Kier molecular flexibility index (Phi) is 4.15. The van der Waals surface area contributed by atoms with Gasteiger partial charge in [-0.15, -0.1) is 0 Å². The highest BCUT2D eigenvalue weighted by Crippen LogP contribution is 2.24. The van der Waals surface area contributed by atoms with Crippen molar-refractivity contribution in [2.45, 2.75) is 31.7 Å². The second kappa shape index (κ2) is 6.06. The maximum atomic E-state index is 12.6. The van der Waals surface area contributed by atoms with Gasteiger partial charge >= 0.3 is 0 Å². The van der Waals surface area contributed by atoms with Crippen molar-refractivity contribution in [3.63, 3.8) is 0 Å². The maximum Gasteiger partial charge on any atom is 0.253 e. The van der Waals surface area contributed by atoms with Crippen LogP contribution in [-0.2, 0) is 6.42 Å². The third-order valence-electron chi connectivity index (χ3n) is 4.79. The molecule has 0 radical (unpaired) electrons. The number of benzene rings is 1. The number of anilines is 1. The van der Waals surface area contributed by atoms with E-state index >= 15 is 0 Å². The number of likely N-dealkylation sites (N-methyl/N-ethyl adjacent to an activating group) is 2. The highest BCUT2D eigenvalue weighted by Gasteiger charge is 2.24. The van der Waals surface area contributed by atoms with Crippen LogP contribution in [-0.4, -0.2) is 55.5 Å². The Morgan fingerprint density at radius 1 is 1.43 bits per heavy atom. The lowest BCUT2D eigenvalue weighted by Crippen LogP contribution is -2.39. The lowest BCUT2D eigenvalue weighted by Gasteiger charge is -2.26. The second-order valence-electron chi connectivity index (χ2n) is 6.36. The Bertz CT molecular complexity index is 529. The summed E-state index contributed by atoms with van der Waals surface area (Å²) in [6.07, 6.45) is 4.65. The van der Waals surface area contributed by atoms with Crippen molar-refractivity contribution in [3.8, 4) is 0 Å². The van der Waals surface area contributed by atoms with Gasteiger partial charge in [0, 0.05) is 37.4 Å². The minimum Gasteiger partial charge on any atom is -0.385 e. The summed E-state index contributed by atoms with van der Waals surface area (Å²) in [6.45, 7) is 3.01. The van der Waals surface area contributed by atoms with Gasteiger partial charge in [0.1, 0.15) is 0 Å². The van der Waals surface area contributed by atoms with E-state index in [2.05, 4.69) is 29.4 Å². The average molecular weight is 287 g/mol.